The summed E-state index contributed by atoms with van der Waals surface area (Å²) in [4.78, 5) is 13.7. The van der Waals surface area contributed by atoms with E-state index in [2.05, 4.69) is 18.0 Å². The Bertz CT molecular complexity index is 459. The highest BCUT2D eigenvalue weighted by Crippen LogP contribution is 2.51. The van der Waals surface area contributed by atoms with Gasteiger partial charge in [0.05, 0.1) is 5.41 Å². The average molecular weight is 231 g/mol. The molecule has 2 fully saturated rings. The van der Waals surface area contributed by atoms with Crippen molar-refractivity contribution in [3.05, 3.63) is 35.4 Å². The predicted octanol–water partition coefficient (Wildman–Crippen LogP) is 1.83. The second-order valence-corrected chi connectivity index (χ2v) is 5.39. The van der Waals surface area contributed by atoms with Crippen LogP contribution in [0.5, 0.6) is 0 Å². The molecule has 3 rings (SSSR count). The first kappa shape index (κ1) is 10.8. The number of hydrogen-bond donors (Lipinski definition) is 1. The molecule has 0 amide bonds. The zero-order chi connectivity index (χ0) is 12.0. The topological polar surface area (TPSA) is 40.5 Å². The monoisotopic (exact) mass is 231 g/mol. The Morgan fingerprint density at radius 2 is 2.00 bits per heavy atom. The molecule has 3 nitrogen and oxygen atoms in total. The lowest BCUT2D eigenvalue weighted by Gasteiger charge is -2.38. The summed E-state index contributed by atoms with van der Waals surface area (Å²) in [7, 11) is 2.10. The van der Waals surface area contributed by atoms with Crippen molar-refractivity contribution in [3.8, 4) is 0 Å². The van der Waals surface area contributed by atoms with Crippen LogP contribution in [0.25, 0.3) is 0 Å². The smallest absolute Gasteiger partial charge is 0.314 e. The summed E-state index contributed by atoms with van der Waals surface area (Å²) in [6.45, 7) is 2.10. The fourth-order valence-electron chi connectivity index (χ4n) is 2.91. The predicted molar refractivity (Wildman–Crippen MR) is 65.2 cm³/mol. The molecule has 3 heteroatoms. The number of aliphatic carboxylic acids is 1. The highest BCUT2D eigenvalue weighted by molar-refractivity contribution is 5.85. The third kappa shape index (κ3) is 1.57. The second-order valence-electron chi connectivity index (χ2n) is 5.39. The quantitative estimate of drug-likeness (QED) is 0.862. The lowest BCUT2D eigenvalue weighted by molar-refractivity contribution is -0.140. The highest BCUT2D eigenvalue weighted by Gasteiger charge is 2.53. The Morgan fingerprint density at radius 3 is 2.53 bits per heavy atom. The molecule has 0 bridgehead atoms. The van der Waals surface area contributed by atoms with Gasteiger partial charge < -0.3 is 10.0 Å². The molecule has 17 heavy (non-hydrogen) atoms. The van der Waals surface area contributed by atoms with E-state index in [0.29, 0.717) is 5.92 Å². The van der Waals surface area contributed by atoms with Gasteiger partial charge in [-0.3, -0.25) is 4.79 Å². The third-order valence-electron chi connectivity index (χ3n) is 4.14. The Morgan fingerprint density at radius 1 is 1.35 bits per heavy atom. The van der Waals surface area contributed by atoms with Gasteiger partial charge in [-0.15, -0.1) is 0 Å². The summed E-state index contributed by atoms with van der Waals surface area (Å²) in [5.74, 6) is -0.134. The number of carbonyl (C=O) groups is 1. The van der Waals surface area contributed by atoms with E-state index < -0.39 is 11.4 Å². The van der Waals surface area contributed by atoms with Crippen molar-refractivity contribution in [3.63, 3.8) is 0 Å². The van der Waals surface area contributed by atoms with Gasteiger partial charge in [0.2, 0.25) is 0 Å². The lowest BCUT2D eigenvalue weighted by Crippen LogP contribution is -2.42. The van der Waals surface area contributed by atoms with Crippen molar-refractivity contribution < 1.29 is 9.90 Å². The van der Waals surface area contributed by atoms with Gasteiger partial charge in [0.25, 0.3) is 0 Å². The molecule has 1 saturated heterocycles. The van der Waals surface area contributed by atoms with Crippen molar-refractivity contribution >= 4 is 5.97 Å². The molecule has 0 radical (unpaired) electrons. The van der Waals surface area contributed by atoms with Crippen molar-refractivity contribution in [2.24, 2.45) is 0 Å². The van der Waals surface area contributed by atoms with Crippen LogP contribution in [0.2, 0.25) is 0 Å². The molecule has 1 aliphatic heterocycles. The van der Waals surface area contributed by atoms with E-state index in [4.69, 9.17) is 0 Å². The van der Waals surface area contributed by atoms with E-state index >= 15 is 0 Å². The second kappa shape index (κ2) is 3.57. The molecule has 0 spiro atoms. The number of carboxylic acid groups (broad SMARTS) is 1. The van der Waals surface area contributed by atoms with Crippen LogP contribution < -0.4 is 0 Å². The number of likely N-dealkylation sites (N-methyl/N-ethyl adjacent to an activating group) is 1. The molecule has 90 valence electrons. The largest absolute Gasteiger partial charge is 0.481 e. The van der Waals surface area contributed by atoms with Gasteiger partial charge in [-0.2, -0.15) is 0 Å². The van der Waals surface area contributed by atoms with Crippen LogP contribution in [0.15, 0.2) is 24.3 Å². The molecular weight excluding hydrogens is 214 g/mol. The standard InChI is InChI=1S/C14H17NO2/c1-15-8-10(9-15)11-4-2-3-5-12(11)14(6-7-14)13(16)17/h2-5,10H,6-9H2,1H3,(H,16,17). The summed E-state index contributed by atoms with van der Waals surface area (Å²) in [6.07, 6.45) is 1.59. The Balaban J connectivity index is 1.97. The highest BCUT2D eigenvalue weighted by atomic mass is 16.4. The van der Waals surface area contributed by atoms with Gasteiger partial charge >= 0.3 is 5.97 Å². The van der Waals surface area contributed by atoms with E-state index in [1.165, 1.54) is 5.56 Å². The fourth-order valence-corrected chi connectivity index (χ4v) is 2.91. The molecule has 1 aliphatic carbocycles. The third-order valence-corrected chi connectivity index (χ3v) is 4.14. The van der Waals surface area contributed by atoms with Gasteiger partial charge in [0.1, 0.15) is 0 Å². The lowest BCUT2D eigenvalue weighted by atomic mass is 9.82. The molecule has 0 unspecified atom stereocenters. The minimum atomic E-state index is -0.655. The minimum absolute atomic E-state index is 0.521. The van der Waals surface area contributed by atoms with Gasteiger partial charge in [-0.05, 0) is 31.0 Å². The van der Waals surface area contributed by atoms with Crippen molar-refractivity contribution in [2.75, 3.05) is 20.1 Å². The van der Waals surface area contributed by atoms with Crippen LogP contribution in [0, 0.1) is 0 Å². The first-order valence-corrected chi connectivity index (χ1v) is 6.15. The molecule has 0 atom stereocenters. The maximum absolute atomic E-state index is 11.4. The maximum Gasteiger partial charge on any atom is 0.314 e. The Labute approximate surface area is 101 Å². The van der Waals surface area contributed by atoms with Crippen LogP contribution in [-0.2, 0) is 10.2 Å². The van der Waals surface area contributed by atoms with Gasteiger partial charge in [0, 0.05) is 19.0 Å². The van der Waals surface area contributed by atoms with Gasteiger partial charge in [-0.25, -0.2) is 0 Å². The van der Waals surface area contributed by atoms with Gasteiger partial charge in [0.15, 0.2) is 0 Å². The normalized spacial score (nSPS) is 23.1. The van der Waals surface area contributed by atoms with Gasteiger partial charge in [-0.1, -0.05) is 24.3 Å². The number of hydrogen-bond acceptors (Lipinski definition) is 2. The van der Waals surface area contributed by atoms with E-state index in [9.17, 15) is 9.90 Å². The first-order valence-electron chi connectivity index (χ1n) is 6.15. The van der Waals surface area contributed by atoms with Crippen LogP contribution in [0.1, 0.15) is 29.9 Å². The molecule has 1 aromatic rings. The van der Waals surface area contributed by atoms with Crippen LogP contribution in [0.3, 0.4) is 0 Å². The number of rotatable bonds is 3. The molecule has 1 aromatic carbocycles. The van der Waals surface area contributed by atoms with Crippen molar-refractivity contribution in [1.82, 2.24) is 4.90 Å². The summed E-state index contributed by atoms with van der Waals surface area (Å²) in [5, 5.41) is 9.40. The molecule has 2 aliphatic rings. The molecule has 1 saturated carbocycles. The Kier molecular flexibility index (Phi) is 2.26. The van der Waals surface area contributed by atoms with Crippen molar-refractivity contribution in [2.45, 2.75) is 24.2 Å². The van der Waals surface area contributed by atoms with E-state index in [0.717, 1.165) is 31.5 Å². The minimum Gasteiger partial charge on any atom is -0.481 e. The maximum atomic E-state index is 11.4. The number of nitrogens with zero attached hydrogens (tertiary/aromatic N) is 1. The molecule has 1 N–H and O–H groups in total. The fraction of sp³-hybridized carbons (Fsp3) is 0.500. The van der Waals surface area contributed by atoms with Crippen LogP contribution in [-0.4, -0.2) is 36.1 Å². The summed E-state index contributed by atoms with van der Waals surface area (Å²) >= 11 is 0. The van der Waals surface area contributed by atoms with E-state index in [1.54, 1.807) is 0 Å². The van der Waals surface area contributed by atoms with Crippen LogP contribution in [0.4, 0.5) is 0 Å². The SMILES string of the molecule is CN1CC(c2ccccc2C2(C(=O)O)CC2)C1. The zero-order valence-electron chi connectivity index (χ0n) is 10.0. The first-order chi connectivity index (χ1) is 8.13. The molecule has 1 heterocycles. The van der Waals surface area contributed by atoms with E-state index in [1.807, 2.05) is 18.2 Å². The zero-order valence-corrected chi connectivity index (χ0v) is 10.0. The summed E-state index contributed by atoms with van der Waals surface area (Å²) in [6, 6.07) is 8.10. The van der Waals surface area contributed by atoms with Crippen molar-refractivity contribution in [1.29, 1.82) is 0 Å². The Hall–Kier alpha value is -1.35. The average Bonchev–Trinajstić information content (AvgIpc) is 3.06. The van der Waals surface area contributed by atoms with E-state index in [-0.39, 0.29) is 0 Å². The molecule has 0 aromatic heterocycles. The summed E-state index contributed by atoms with van der Waals surface area (Å²) in [5.41, 5.74) is 1.75. The molecular formula is C14H17NO2. The summed E-state index contributed by atoms with van der Waals surface area (Å²) < 4.78 is 0. The van der Waals surface area contributed by atoms with Crippen LogP contribution >= 0.6 is 0 Å². The number of likely N-dealkylation sites (tertiary alicyclic amines) is 1. The number of benzene rings is 1. The number of carboxylic acids is 1.